The van der Waals surface area contributed by atoms with E-state index in [9.17, 15) is 0 Å². The van der Waals surface area contributed by atoms with Gasteiger partial charge in [-0.15, -0.1) is 12.4 Å². The van der Waals surface area contributed by atoms with Crippen LogP contribution in [0.1, 0.15) is 24.0 Å². The van der Waals surface area contributed by atoms with Gasteiger partial charge in [0.25, 0.3) is 0 Å². The van der Waals surface area contributed by atoms with E-state index in [1.54, 1.807) is 7.11 Å². The molecule has 1 aliphatic rings. The first-order valence-corrected chi connectivity index (χ1v) is 7.22. The van der Waals surface area contributed by atoms with Gasteiger partial charge in [0.15, 0.2) is 0 Å². The number of benzene rings is 1. The van der Waals surface area contributed by atoms with Crippen LogP contribution in [0.4, 0.5) is 0 Å². The van der Waals surface area contributed by atoms with E-state index in [0.29, 0.717) is 0 Å². The van der Waals surface area contributed by atoms with Crippen LogP contribution < -0.4 is 10.1 Å². The summed E-state index contributed by atoms with van der Waals surface area (Å²) in [6.45, 7) is 6.69. The van der Waals surface area contributed by atoms with Crippen molar-refractivity contribution in [2.24, 2.45) is 5.92 Å². The second-order valence-electron chi connectivity index (χ2n) is 5.69. The Hall–Kier alpha value is -0.770. The normalized spacial score (nSPS) is 16.0. The molecule has 0 saturated carbocycles. The standard InChI is InChI=1S/C16H26N2O.ClH/c1-13-10-15(4-5-16(13)19-3)12-18(2)11-14-6-8-17-9-7-14;/h4-5,10,14,17H,6-9,11-12H2,1-3H3;1H. The molecule has 1 aromatic carbocycles. The maximum absolute atomic E-state index is 5.31. The number of nitrogens with one attached hydrogen (secondary N) is 1. The number of hydrogen-bond acceptors (Lipinski definition) is 3. The third-order valence-corrected chi connectivity index (χ3v) is 3.94. The summed E-state index contributed by atoms with van der Waals surface area (Å²) in [5.74, 6) is 1.83. The minimum atomic E-state index is 0. The zero-order valence-corrected chi connectivity index (χ0v) is 13.6. The highest BCUT2D eigenvalue weighted by atomic mass is 35.5. The molecule has 0 radical (unpaired) electrons. The number of ether oxygens (including phenoxy) is 1. The van der Waals surface area contributed by atoms with Crippen LogP contribution in [0.25, 0.3) is 0 Å². The molecule has 1 aromatic rings. The number of nitrogens with zero attached hydrogens (tertiary/aromatic N) is 1. The smallest absolute Gasteiger partial charge is 0.121 e. The van der Waals surface area contributed by atoms with Gasteiger partial charge in [-0.05, 0) is 63.0 Å². The van der Waals surface area contributed by atoms with Gasteiger partial charge in [-0.25, -0.2) is 0 Å². The van der Waals surface area contributed by atoms with Crippen LogP contribution in [-0.4, -0.2) is 38.7 Å². The molecule has 0 amide bonds. The van der Waals surface area contributed by atoms with Crippen molar-refractivity contribution in [2.75, 3.05) is 33.8 Å². The average Bonchev–Trinajstić information content (AvgIpc) is 2.40. The van der Waals surface area contributed by atoms with Crippen LogP contribution in [0.5, 0.6) is 5.75 Å². The minimum Gasteiger partial charge on any atom is -0.496 e. The molecular formula is C16H27ClN2O. The maximum Gasteiger partial charge on any atom is 0.121 e. The highest BCUT2D eigenvalue weighted by molar-refractivity contribution is 5.85. The molecule has 4 heteroatoms. The lowest BCUT2D eigenvalue weighted by atomic mass is 9.97. The summed E-state index contributed by atoms with van der Waals surface area (Å²) in [6.07, 6.45) is 2.62. The maximum atomic E-state index is 5.31. The van der Waals surface area contributed by atoms with E-state index in [2.05, 4.69) is 42.4 Å². The Morgan fingerprint density at radius 1 is 1.30 bits per heavy atom. The number of methoxy groups -OCH3 is 1. The number of piperidine rings is 1. The first-order chi connectivity index (χ1) is 9.19. The van der Waals surface area contributed by atoms with Gasteiger partial charge in [0.1, 0.15) is 5.75 Å². The van der Waals surface area contributed by atoms with Crippen molar-refractivity contribution in [1.29, 1.82) is 0 Å². The Morgan fingerprint density at radius 3 is 2.60 bits per heavy atom. The lowest BCUT2D eigenvalue weighted by Gasteiger charge is -2.27. The van der Waals surface area contributed by atoms with E-state index in [4.69, 9.17) is 4.74 Å². The number of rotatable bonds is 5. The second-order valence-corrected chi connectivity index (χ2v) is 5.69. The number of hydrogen-bond donors (Lipinski definition) is 1. The van der Waals surface area contributed by atoms with Crippen LogP contribution in [0.2, 0.25) is 0 Å². The first kappa shape index (κ1) is 17.3. The summed E-state index contributed by atoms with van der Waals surface area (Å²) in [7, 11) is 3.95. The Kier molecular flexibility index (Phi) is 7.35. The van der Waals surface area contributed by atoms with Gasteiger partial charge in [-0.2, -0.15) is 0 Å². The predicted octanol–water partition coefficient (Wildman–Crippen LogP) is 2.86. The van der Waals surface area contributed by atoms with Crippen LogP contribution >= 0.6 is 12.4 Å². The van der Waals surface area contributed by atoms with E-state index in [1.165, 1.54) is 43.6 Å². The lowest BCUT2D eigenvalue weighted by molar-refractivity contribution is 0.234. The molecule has 20 heavy (non-hydrogen) atoms. The molecular weight excluding hydrogens is 272 g/mol. The van der Waals surface area contributed by atoms with Gasteiger partial charge in [0, 0.05) is 13.1 Å². The van der Waals surface area contributed by atoms with Crippen molar-refractivity contribution < 1.29 is 4.74 Å². The summed E-state index contributed by atoms with van der Waals surface area (Å²) in [4.78, 5) is 2.44. The summed E-state index contributed by atoms with van der Waals surface area (Å²) >= 11 is 0. The number of halogens is 1. The highest BCUT2D eigenvalue weighted by Gasteiger charge is 2.15. The highest BCUT2D eigenvalue weighted by Crippen LogP contribution is 2.20. The molecule has 0 aliphatic carbocycles. The molecule has 0 aromatic heterocycles. The van der Waals surface area contributed by atoms with Gasteiger partial charge < -0.3 is 15.0 Å². The van der Waals surface area contributed by atoms with Crippen LogP contribution in [0.15, 0.2) is 18.2 Å². The third-order valence-electron chi connectivity index (χ3n) is 3.94. The van der Waals surface area contributed by atoms with Gasteiger partial charge in [-0.1, -0.05) is 12.1 Å². The van der Waals surface area contributed by atoms with Gasteiger partial charge >= 0.3 is 0 Å². The van der Waals surface area contributed by atoms with Crippen molar-refractivity contribution in [3.8, 4) is 5.75 Å². The van der Waals surface area contributed by atoms with Gasteiger partial charge in [0.05, 0.1) is 7.11 Å². The van der Waals surface area contributed by atoms with Crippen molar-refractivity contribution >= 4 is 12.4 Å². The van der Waals surface area contributed by atoms with Crippen molar-refractivity contribution in [3.05, 3.63) is 29.3 Å². The monoisotopic (exact) mass is 298 g/mol. The summed E-state index contributed by atoms with van der Waals surface area (Å²) in [5, 5.41) is 3.43. The van der Waals surface area contributed by atoms with Crippen LogP contribution in [-0.2, 0) is 6.54 Å². The predicted molar refractivity (Wildman–Crippen MR) is 86.9 cm³/mol. The summed E-state index contributed by atoms with van der Waals surface area (Å²) in [6, 6.07) is 6.48. The molecule has 1 saturated heterocycles. The van der Waals surface area contributed by atoms with E-state index < -0.39 is 0 Å². The van der Waals surface area contributed by atoms with Crippen LogP contribution in [0, 0.1) is 12.8 Å². The SMILES string of the molecule is COc1ccc(CN(C)CC2CCNCC2)cc1C.Cl. The Morgan fingerprint density at radius 2 is 2.00 bits per heavy atom. The fourth-order valence-electron chi connectivity index (χ4n) is 2.92. The number of aryl methyl sites for hydroxylation is 1. The molecule has 114 valence electrons. The third kappa shape index (κ3) is 4.97. The molecule has 1 aliphatic heterocycles. The van der Waals surface area contributed by atoms with E-state index in [-0.39, 0.29) is 12.4 Å². The lowest BCUT2D eigenvalue weighted by Crippen LogP contribution is -2.34. The molecule has 0 spiro atoms. The minimum absolute atomic E-state index is 0. The largest absolute Gasteiger partial charge is 0.496 e. The molecule has 2 rings (SSSR count). The summed E-state index contributed by atoms with van der Waals surface area (Å²) < 4.78 is 5.31. The molecule has 0 unspecified atom stereocenters. The average molecular weight is 299 g/mol. The Labute approximate surface area is 129 Å². The van der Waals surface area contributed by atoms with E-state index in [0.717, 1.165) is 18.2 Å². The molecule has 1 fully saturated rings. The molecule has 0 atom stereocenters. The Balaban J connectivity index is 0.00000200. The van der Waals surface area contributed by atoms with Crippen molar-refractivity contribution in [2.45, 2.75) is 26.3 Å². The summed E-state index contributed by atoms with van der Waals surface area (Å²) in [5.41, 5.74) is 2.59. The van der Waals surface area contributed by atoms with Crippen molar-refractivity contribution in [1.82, 2.24) is 10.2 Å². The topological polar surface area (TPSA) is 24.5 Å². The first-order valence-electron chi connectivity index (χ1n) is 7.22. The molecule has 0 bridgehead atoms. The second kappa shape index (κ2) is 8.50. The molecule has 1 heterocycles. The quantitative estimate of drug-likeness (QED) is 0.905. The Bertz CT molecular complexity index is 405. The zero-order chi connectivity index (χ0) is 13.7. The van der Waals surface area contributed by atoms with E-state index >= 15 is 0 Å². The van der Waals surface area contributed by atoms with E-state index in [1.807, 2.05) is 0 Å². The molecule has 3 nitrogen and oxygen atoms in total. The zero-order valence-electron chi connectivity index (χ0n) is 12.8. The van der Waals surface area contributed by atoms with Gasteiger partial charge in [0.2, 0.25) is 0 Å². The van der Waals surface area contributed by atoms with Crippen molar-refractivity contribution in [3.63, 3.8) is 0 Å². The fourth-order valence-corrected chi connectivity index (χ4v) is 2.92. The van der Waals surface area contributed by atoms with Gasteiger partial charge in [-0.3, -0.25) is 0 Å². The molecule has 1 N–H and O–H groups in total. The fraction of sp³-hybridized carbons (Fsp3) is 0.625. The van der Waals surface area contributed by atoms with Crippen LogP contribution in [0.3, 0.4) is 0 Å².